The molecule has 32 heavy (non-hydrogen) atoms. The Morgan fingerprint density at radius 1 is 1.09 bits per heavy atom. The Kier molecular flexibility index (Phi) is 4.26. The summed E-state index contributed by atoms with van der Waals surface area (Å²) < 4.78 is 5.24. The zero-order valence-electron chi connectivity index (χ0n) is 18.2. The van der Waals surface area contributed by atoms with Crippen LogP contribution in [0.25, 0.3) is 27.8 Å². The number of hydrogen-bond donors (Lipinski definition) is 2. The van der Waals surface area contributed by atoms with Gasteiger partial charge in [-0.15, -0.1) is 0 Å². The van der Waals surface area contributed by atoms with Gasteiger partial charge in [-0.2, -0.15) is 10.2 Å². The summed E-state index contributed by atoms with van der Waals surface area (Å²) in [4.78, 5) is 22.0. The number of nitrogen functional groups attached to an aromatic ring is 1. The van der Waals surface area contributed by atoms with E-state index in [0.29, 0.717) is 34.2 Å². The lowest BCUT2D eigenvalue weighted by Crippen LogP contribution is -2.24. The van der Waals surface area contributed by atoms with E-state index < -0.39 is 0 Å². The molecular weight excluding hydrogens is 406 g/mol. The highest BCUT2D eigenvalue weighted by Crippen LogP contribution is 2.33. The third kappa shape index (κ3) is 3.08. The number of nitrogens with one attached hydrogen (secondary N) is 1. The molecule has 0 spiro atoms. The Bertz CT molecular complexity index is 1480. The predicted octanol–water partition coefficient (Wildman–Crippen LogP) is 3.09. The van der Waals surface area contributed by atoms with Crippen molar-refractivity contribution in [1.29, 1.82) is 0 Å². The van der Waals surface area contributed by atoms with Crippen molar-refractivity contribution >= 4 is 39.5 Å². The van der Waals surface area contributed by atoms with Crippen LogP contribution in [0.15, 0.2) is 48.9 Å². The molecule has 1 aromatic carbocycles. The topological polar surface area (TPSA) is 121 Å². The maximum Gasteiger partial charge on any atom is 0.273 e. The molecule has 0 aliphatic heterocycles. The molecule has 0 bridgehead atoms. The average Bonchev–Trinajstić information content (AvgIpc) is 3.42. The Labute approximate surface area is 183 Å². The number of para-hydroxylation sites is 1. The fourth-order valence-electron chi connectivity index (χ4n) is 3.79. The second-order valence-electron chi connectivity index (χ2n) is 8.62. The molecule has 1 amide bonds. The molecule has 0 aliphatic carbocycles. The van der Waals surface area contributed by atoms with Crippen LogP contribution in [-0.2, 0) is 12.6 Å². The van der Waals surface area contributed by atoms with E-state index in [1.54, 1.807) is 28.6 Å². The van der Waals surface area contributed by atoms with Crippen LogP contribution in [0.1, 0.15) is 31.3 Å². The average molecular weight is 429 g/mol. The van der Waals surface area contributed by atoms with Gasteiger partial charge < -0.3 is 11.1 Å². The highest BCUT2D eigenvalue weighted by molar-refractivity contribution is 6.08. The number of amides is 1. The minimum absolute atomic E-state index is 0.300. The van der Waals surface area contributed by atoms with Crippen molar-refractivity contribution < 1.29 is 4.79 Å². The van der Waals surface area contributed by atoms with Gasteiger partial charge in [0.05, 0.1) is 11.1 Å². The summed E-state index contributed by atoms with van der Waals surface area (Å²) in [7, 11) is 1.79. The number of aromatic nitrogens is 7. The van der Waals surface area contributed by atoms with Gasteiger partial charge in [0, 0.05) is 24.7 Å². The van der Waals surface area contributed by atoms with Crippen LogP contribution >= 0.6 is 0 Å². The minimum atomic E-state index is -0.364. The molecule has 0 atom stereocenters. The fraction of sp³-hybridized carbons (Fsp3) is 0.227. The first kappa shape index (κ1) is 19.7. The number of nitrogens with two attached hydrogens (primary N) is 1. The van der Waals surface area contributed by atoms with E-state index in [9.17, 15) is 4.79 Å². The van der Waals surface area contributed by atoms with Crippen molar-refractivity contribution in [2.45, 2.75) is 26.3 Å². The molecule has 4 aromatic heterocycles. The Morgan fingerprint density at radius 3 is 2.59 bits per heavy atom. The van der Waals surface area contributed by atoms with Crippen LogP contribution in [0, 0.1) is 0 Å². The van der Waals surface area contributed by atoms with Crippen LogP contribution in [0.5, 0.6) is 0 Å². The molecule has 10 nitrogen and oxygen atoms in total. The SMILES string of the molecule is Cn1ccc(NC(=O)c2cc3ccccc3n2-c2nn(C(C)(C)C)c3ncnc(N)c23)n1. The Hall–Kier alpha value is -4.21. The van der Waals surface area contributed by atoms with Crippen LogP contribution in [-0.4, -0.2) is 40.0 Å². The van der Waals surface area contributed by atoms with E-state index in [2.05, 4.69) is 20.4 Å². The van der Waals surface area contributed by atoms with Crippen molar-refractivity contribution in [2.75, 3.05) is 11.1 Å². The molecule has 10 heteroatoms. The highest BCUT2D eigenvalue weighted by atomic mass is 16.2. The van der Waals surface area contributed by atoms with E-state index in [-0.39, 0.29) is 11.4 Å². The van der Waals surface area contributed by atoms with Crippen molar-refractivity contribution in [3.8, 4) is 5.82 Å². The molecule has 0 saturated heterocycles. The van der Waals surface area contributed by atoms with Crippen LogP contribution < -0.4 is 11.1 Å². The molecule has 0 fully saturated rings. The number of hydrogen-bond acceptors (Lipinski definition) is 6. The third-order valence-electron chi connectivity index (χ3n) is 5.22. The normalized spacial score (nSPS) is 12.0. The van der Waals surface area contributed by atoms with Gasteiger partial charge in [0.2, 0.25) is 0 Å². The van der Waals surface area contributed by atoms with Gasteiger partial charge in [-0.05, 0) is 32.9 Å². The molecule has 5 aromatic rings. The van der Waals surface area contributed by atoms with Gasteiger partial charge >= 0.3 is 0 Å². The first-order chi connectivity index (χ1) is 15.2. The molecular formula is C22H23N9O. The monoisotopic (exact) mass is 429 g/mol. The van der Waals surface area contributed by atoms with Crippen LogP contribution in [0.3, 0.4) is 0 Å². The third-order valence-corrected chi connectivity index (χ3v) is 5.22. The van der Waals surface area contributed by atoms with Crippen molar-refractivity contribution in [1.82, 2.24) is 34.1 Å². The predicted molar refractivity (Wildman–Crippen MR) is 123 cm³/mol. The molecule has 4 heterocycles. The van der Waals surface area contributed by atoms with Crippen LogP contribution in [0.4, 0.5) is 11.6 Å². The fourth-order valence-corrected chi connectivity index (χ4v) is 3.79. The van der Waals surface area contributed by atoms with Gasteiger partial charge in [-0.3, -0.25) is 14.0 Å². The zero-order chi connectivity index (χ0) is 22.6. The molecule has 0 aliphatic rings. The van der Waals surface area contributed by atoms with Crippen LogP contribution in [0.2, 0.25) is 0 Å². The van der Waals surface area contributed by atoms with E-state index in [1.165, 1.54) is 6.33 Å². The van der Waals surface area contributed by atoms with Gasteiger partial charge in [0.1, 0.15) is 23.2 Å². The van der Waals surface area contributed by atoms with E-state index >= 15 is 0 Å². The molecule has 0 saturated carbocycles. The first-order valence-corrected chi connectivity index (χ1v) is 10.2. The van der Waals surface area contributed by atoms with Crippen molar-refractivity contribution in [3.05, 3.63) is 54.6 Å². The maximum atomic E-state index is 13.3. The summed E-state index contributed by atoms with van der Waals surface area (Å²) in [5, 5.41) is 13.5. The number of fused-ring (bicyclic) bond motifs is 2. The largest absolute Gasteiger partial charge is 0.383 e. The first-order valence-electron chi connectivity index (χ1n) is 10.2. The zero-order valence-corrected chi connectivity index (χ0v) is 18.2. The number of benzene rings is 1. The summed E-state index contributed by atoms with van der Waals surface area (Å²) >= 11 is 0. The number of nitrogens with zero attached hydrogens (tertiary/aromatic N) is 7. The summed E-state index contributed by atoms with van der Waals surface area (Å²) in [5.41, 5.74) is 7.75. The van der Waals surface area contributed by atoms with Gasteiger partial charge in [0.25, 0.3) is 5.91 Å². The summed E-state index contributed by atoms with van der Waals surface area (Å²) in [6.45, 7) is 6.10. The standard InChI is InChI=1S/C22H23N9O/c1-22(2,3)31-19-17(18(23)24-12-25-19)20(28-31)30-14-8-6-5-7-13(14)11-15(30)21(32)26-16-9-10-29(4)27-16/h5-12H,1-4H3,(H2,23,24,25)(H,26,27,32). The minimum Gasteiger partial charge on any atom is -0.383 e. The lowest BCUT2D eigenvalue weighted by molar-refractivity contribution is 0.102. The van der Waals surface area contributed by atoms with Gasteiger partial charge in [0.15, 0.2) is 17.3 Å². The van der Waals surface area contributed by atoms with E-state index in [0.717, 1.165) is 10.9 Å². The van der Waals surface area contributed by atoms with E-state index in [1.807, 2.05) is 55.8 Å². The Balaban J connectivity index is 1.79. The summed E-state index contributed by atoms with van der Waals surface area (Å²) in [5.74, 6) is 0.950. The van der Waals surface area contributed by atoms with Gasteiger partial charge in [-0.1, -0.05) is 18.2 Å². The number of rotatable bonds is 3. The highest BCUT2D eigenvalue weighted by Gasteiger charge is 2.27. The lowest BCUT2D eigenvalue weighted by atomic mass is 10.1. The summed E-state index contributed by atoms with van der Waals surface area (Å²) in [6, 6.07) is 11.3. The van der Waals surface area contributed by atoms with Crippen molar-refractivity contribution in [3.63, 3.8) is 0 Å². The Morgan fingerprint density at radius 2 is 1.88 bits per heavy atom. The lowest BCUT2D eigenvalue weighted by Gasteiger charge is -2.19. The van der Waals surface area contributed by atoms with Gasteiger partial charge in [-0.25, -0.2) is 14.6 Å². The molecule has 0 unspecified atom stereocenters. The maximum absolute atomic E-state index is 13.3. The number of anilines is 2. The molecule has 0 radical (unpaired) electrons. The summed E-state index contributed by atoms with van der Waals surface area (Å²) in [6.07, 6.45) is 3.19. The second-order valence-corrected chi connectivity index (χ2v) is 8.62. The number of carbonyl (C=O) groups excluding carboxylic acids is 1. The molecule has 3 N–H and O–H groups in total. The van der Waals surface area contributed by atoms with Crippen molar-refractivity contribution in [2.24, 2.45) is 7.05 Å². The molecule has 162 valence electrons. The smallest absolute Gasteiger partial charge is 0.273 e. The number of carbonyl (C=O) groups is 1. The number of aryl methyl sites for hydroxylation is 1. The quantitative estimate of drug-likeness (QED) is 0.454. The van der Waals surface area contributed by atoms with E-state index in [4.69, 9.17) is 10.8 Å². The second kappa shape index (κ2) is 6.91. The molecule has 5 rings (SSSR count).